The number of terminal acetylenes is 1. The molecule has 23 heavy (non-hydrogen) atoms. The predicted octanol–water partition coefficient (Wildman–Crippen LogP) is 3.18. The van der Waals surface area contributed by atoms with Crippen molar-refractivity contribution in [2.24, 2.45) is 0 Å². The molecule has 4 heteroatoms. The van der Waals surface area contributed by atoms with Crippen molar-refractivity contribution in [3.63, 3.8) is 0 Å². The van der Waals surface area contributed by atoms with Crippen LogP contribution < -0.4 is 4.74 Å². The van der Waals surface area contributed by atoms with E-state index in [0.717, 1.165) is 35.7 Å². The average Bonchev–Trinajstić information content (AvgIpc) is 3.05. The van der Waals surface area contributed by atoms with Gasteiger partial charge < -0.3 is 4.74 Å². The van der Waals surface area contributed by atoms with E-state index in [1.54, 1.807) is 0 Å². The van der Waals surface area contributed by atoms with Crippen molar-refractivity contribution in [1.82, 2.24) is 14.8 Å². The Morgan fingerprint density at radius 2 is 2.09 bits per heavy atom. The van der Waals surface area contributed by atoms with Crippen LogP contribution in [0, 0.1) is 12.3 Å². The summed E-state index contributed by atoms with van der Waals surface area (Å²) in [6.07, 6.45) is 6.22. The third-order valence-corrected chi connectivity index (χ3v) is 3.94. The molecule has 4 rings (SSSR count). The zero-order valence-electron chi connectivity index (χ0n) is 12.6. The van der Waals surface area contributed by atoms with Gasteiger partial charge in [-0.15, -0.1) is 6.42 Å². The first-order valence-corrected chi connectivity index (χ1v) is 7.55. The Labute approximate surface area is 134 Å². The van der Waals surface area contributed by atoms with Crippen LogP contribution in [0.4, 0.5) is 0 Å². The van der Waals surface area contributed by atoms with Crippen LogP contribution in [0.1, 0.15) is 5.56 Å². The predicted molar refractivity (Wildman–Crippen MR) is 88.9 cm³/mol. The van der Waals surface area contributed by atoms with Gasteiger partial charge in [0.05, 0.1) is 0 Å². The minimum absolute atomic E-state index is 0.254. The van der Waals surface area contributed by atoms with E-state index in [1.807, 2.05) is 35.0 Å². The van der Waals surface area contributed by atoms with Crippen molar-refractivity contribution in [3.05, 3.63) is 54.1 Å². The van der Waals surface area contributed by atoms with E-state index in [2.05, 4.69) is 29.2 Å². The maximum absolute atomic E-state index is 5.48. The van der Waals surface area contributed by atoms with Crippen LogP contribution in [0.2, 0.25) is 0 Å². The van der Waals surface area contributed by atoms with Crippen molar-refractivity contribution in [2.45, 2.75) is 13.0 Å². The summed E-state index contributed by atoms with van der Waals surface area (Å²) in [5, 5.41) is 4.65. The van der Waals surface area contributed by atoms with Crippen LogP contribution >= 0.6 is 0 Å². The number of aryl methyl sites for hydroxylation is 2. The molecular weight excluding hydrogens is 286 g/mol. The van der Waals surface area contributed by atoms with Crippen molar-refractivity contribution >= 4 is 0 Å². The highest BCUT2D eigenvalue weighted by molar-refractivity contribution is 5.66. The molecule has 0 saturated carbocycles. The molecule has 0 atom stereocenters. The smallest absolute Gasteiger partial charge is 0.181 e. The summed E-state index contributed by atoms with van der Waals surface area (Å²) < 4.78 is 7.46. The van der Waals surface area contributed by atoms with E-state index in [0.29, 0.717) is 5.82 Å². The van der Waals surface area contributed by atoms with E-state index in [1.165, 1.54) is 5.56 Å². The Hall–Kier alpha value is -3.06. The van der Waals surface area contributed by atoms with Crippen molar-refractivity contribution < 1.29 is 4.74 Å². The van der Waals surface area contributed by atoms with Crippen LogP contribution in [-0.4, -0.2) is 21.4 Å². The number of fused-ring (bicyclic) bond motifs is 3. The fraction of sp³-hybridized carbons (Fsp3) is 0.158. The minimum Gasteiger partial charge on any atom is -0.481 e. The zero-order valence-corrected chi connectivity index (χ0v) is 12.6. The lowest BCUT2D eigenvalue weighted by molar-refractivity contribution is 0.370. The van der Waals surface area contributed by atoms with E-state index < -0.39 is 0 Å². The van der Waals surface area contributed by atoms with Gasteiger partial charge in [0, 0.05) is 17.7 Å². The molecule has 0 N–H and O–H groups in total. The van der Waals surface area contributed by atoms with Gasteiger partial charge in [-0.05, 0) is 24.1 Å². The quantitative estimate of drug-likeness (QED) is 0.698. The number of hydrogen-bond acceptors (Lipinski definition) is 3. The summed E-state index contributed by atoms with van der Waals surface area (Å²) >= 11 is 0. The van der Waals surface area contributed by atoms with Crippen molar-refractivity contribution in [3.8, 4) is 40.9 Å². The molecule has 0 unspecified atom stereocenters. The van der Waals surface area contributed by atoms with Crippen molar-refractivity contribution in [2.75, 3.05) is 6.61 Å². The molecule has 0 radical (unpaired) electrons. The summed E-state index contributed by atoms with van der Waals surface area (Å²) in [5.74, 6) is 4.84. The number of hydrogen-bond donors (Lipinski definition) is 0. The van der Waals surface area contributed by atoms with Gasteiger partial charge in [-0.1, -0.05) is 42.3 Å². The normalized spacial score (nSPS) is 12.1. The highest BCUT2D eigenvalue weighted by Gasteiger charge is 2.20. The standard InChI is InChI=1S/C19H15N3O/c1-2-12-23-16-8-5-7-15(13-16)18-20-19-17-9-4-3-6-14(17)10-11-22(19)21-18/h1,3-9,13H,10-12H2. The molecule has 0 spiro atoms. The fourth-order valence-electron chi connectivity index (χ4n) is 2.85. The Kier molecular flexibility index (Phi) is 3.32. The van der Waals surface area contributed by atoms with Gasteiger partial charge >= 0.3 is 0 Å². The number of rotatable bonds is 3. The summed E-state index contributed by atoms with van der Waals surface area (Å²) in [7, 11) is 0. The molecule has 0 aliphatic carbocycles. The van der Waals surface area contributed by atoms with Crippen LogP contribution in [-0.2, 0) is 13.0 Å². The van der Waals surface area contributed by atoms with Gasteiger partial charge in [0.2, 0.25) is 0 Å². The lowest BCUT2D eigenvalue weighted by Gasteiger charge is -2.15. The van der Waals surface area contributed by atoms with Gasteiger partial charge in [0.15, 0.2) is 11.6 Å². The highest BCUT2D eigenvalue weighted by Crippen LogP contribution is 2.30. The second-order valence-corrected chi connectivity index (χ2v) is 5.41. The Morgan fingerprint density at radius 3 is 3.00 bits per heavy atom. The van der Waals surface area contributed by atoms with Crippen LogP contribution in [0.3, 0.4) is 0 Å². The third kappa shape index (κ3) is 2.47. The summed E-state index contributed by atoms with van der Waals surface area (Å²) in [6, 6.07) is 16.1. The molecule has 2 heterocycles. The van der Waals surface area contributed by atoms with Gasteiger partial charge in [-0.25, -0.2) is 9.67 Å². The molecule has 1 aromatic heterocycles. The SMILES string of the molecule is C#CCOc1cccc(-c2nc3n(n2)CCc2ccccc2-3)c1. The maximum atomic E-state index is 5.48. The first-order valence-electron chi connectivity index (χ1n) is 7.55. The van der Waals surface area contributed by atoms with Crippen LogP contribution in [0.15, 0.2) is 48.5 Å². The second-order valence-electron chi connectivity index (χ2n) is 5.41. The van der Waals surface area contributed by atoms with E-state index in [-0.39, 0.29) is 6.61 Å². The molecule has 0 fully saturated rings. The second kappa shape index (κ2) is 5.62. The Bertz CT molecular complexity index is 905. The molecule has 1 aliphatic rings. The molecule has 0 amide bonds. The molecule has 2 aromatic carbocycles. The zero-order chi connectivity index (χ0) is 15.6. The first-order chi connectivity index (χ1) is 11.3. The molecule has 112 valence electrons. The molecule has 1 aliphatic heterocycles. The van der Waals surface area contributed by atoms with Crippen LogP contribution in [0.5, 0.6) is 5.75 Å². The maximum Gasteiger partial charge on any atom is 0.181 e. The highest BCUT2D eigenvalue weighted by atomic mass is 16.5. The number of ether oxygens (including phenoxy) is 1. The molecule has 3 aromatic rings. The molecular formula is C19H15N3O. The van der Waals surface area contributed by atoms with Gasteiger partial charge in [0.1, 0.15) is 12.4 Å². The van der Waals surface area contributed by atoms with Crippen LogP contribution in [0.25, 0.3) is 22.8 Å². The van der Waals surface area contributed by atoms with Gasteiger partial charge in [-0.3, -0.25) is 0 Å². The third-order valence-electron chi connectivity index (χ3n) is 3.94. The number of nitrogens with zero attached hydrogens (tertiary/aromatic N) is 3. The summed E-state index contributed by atoms with van der Waals surface area (Å²) in [6.45, 7) is 1.11. The van der Waals surface area contributed by atoms with E-state index in [4.69, 9.17) is 16.1 Å². The van der Waals surface area contributed by atoms with Crippen molar-refractivity contribution in [1.29, 1.82) is 0 Å². The van der Waals surface area contributed by atoms with E-state index in [9.17, 15) is 0 Å². The largest absolute Gasteiger partial charge is 0.481 e. The molecule has 0 bridgehead atoms. The Balaban J connectivity index is 1.73. The fourth-order valence-corrected chi connectivity index (χ4v) is 2.85. The minimum atomic E-state index is 0.254. The summed E-state index contributed by atoms with van der Waals surface area (Å²) in [4.78, 5) is 4.74. The molecule has 4 nitrogen and oxygen atoms in total. The van der Waals surface area contributed by atoms with E-state index >= 15 is 0 Å². The lowest BCUT2D eigenvalue weighted by atomic mass is 10.0. The number of aromatic nitrogens is 3. The topological polar surface area (TPSA) is 39.9 Å². The monoisotopic (exact) mass is 301 g/mol. The Morgan fingerprint density at radius 1 is 1.17 bits per heavy atom. The lowest BCUT2D eigenvalue weighted by Crippen LogP contribution is -2.11. The van der Waals surface area contributed by atoms with Gasteiger partial charge in [0.25, 0.3) is 0 Å². The van der Waals surface area contributed by atoms with Gasteiger partial charge in [-0.2, -0.15) is 5.10 Å². The average molecular weight is 301 g/mol. The summed E-state index contributed by atoms with van der Waals surface area (Å²) in [5.41, 5.74) is 3.42. The first kappa shape index (κ1) is 13.6. The molecule has 0 saturated heterocycles. The number of benzene rings is 2.